The van der Waals surface area contributed by atoms with Gasteiger partial charge >= 0.3 is 0 Å². The van der Waals surface area contributed by atoms with Crippen LogP contribution >= 0.6 is 0 Å². The van der Waals surface area contributed by atoms with Gasteiger partial charge in [0.05, 0.1) is 5.41 Å². The van der Waals surface area contributed by atoms with Crippen molar-refractivity contribution in [1.29, 1.82) is 0 Å². The maximum atomic E-state index is 13.3. The van der Waals surface area contributed by atoms with Crippen molar-refractivity contribution in [2.45, 2.75) is 56.9 Å². The van der Waals surface area contributed by atoms with Gasteiger partial charge in [0.1, 0.15) is 6.04 Å². The highest BCUT2D eigenvalue weighted by Crippen LogP contribution is 2.48. The summed E-state index contributed by atoms with van der Waals surface area (Å²) in [5, 5.41) is 5.77. The molecule has 2 saturated heterocycles. The summed E-state index contributed by atoms with van der Waals surface area (Å²) >= 11 is 0. The van der Waals surface area contributed by atoms with Crippen molar-refractivity contribution in [3.8, 4) is 0 Å². The Labute approximate surface area is 153 Å². The minimum absolute atomic E-state index is 0.0524. The van der Waals surface area contributed by atoms with E-state index in [4.69, 9.17) is 0 Å². The molecule has 4 rings (SSSR count). The first-order valence-corrected chi connectivity index (χ1v) is 9.42. The van der Waals surface area contributed by atoms with E-state index in [1.54, 1.807) is 4.90 Å². The zero-order chi connectivity index (χ0) is 18.5. The molecular formula is C20H25N3O3. The number of carbonyl (C=O) groups is 3. The molecule has 2 fully saturated rings. The average molecular weight is 355 g/mol. The minimum atomic E-state index is -0.668. The summed E-state index contributed by atoms with van der Waals surface area (Å²) in [6, 6.07) is 5.46. The van der Waals surface area contributed by atoms with Crippen molar-refractivity contribution < 1.29 is 14.4 Å². The predicted octanol–water partition coefficient (Wildman–Crippen LogP) is 1.58. The number of carbonyl (C=O) groups excluding carboxylic acids is 3. The summed E-state index contributed by atoms with van der Waals surface area (Å²) in [4.78, 5) is 38.9. The molecule has 1 aromatic rings. The Bertz CT molecular complexity index is 781. The first kappa shape index (κ1) is 17.2. The van der Waals surface area contributed by atoms with Crippen molar-refractivity contribution in [2.24, 2.45) is 0 Å². The van der Waals surface area contributed by atoms with Crippen molar-refractivity contribution in [3.63, 3.8) is 0 Å². The molecule has 0 radical (unpaired) electrons. The molecule has 0 spiro atoms. The standard InChI is InChI=1S/C20H25N3O3/c1-20(2)17-13(12-8-10-21-11-9-12)4-3-5-14(17)23(19(20)26)15-6-7-16(24)22-18(15)25/h3-5,12,15,21H,6-11H2,1-2H3,(H,22,24,25). The summed E-state index contributed by atoms with van der Waals surface area (Å²) in [6.45, 7) is 5.87. The topological polar surface area (TPSA) is 78.5 Å². The normalized spacial score (nSPS) is 26.0. The van der Waals surface area contributed by atoms with Crippen LogP contribution in [0.1, 0.15) is 56.6 Å². The summed E-state index contributed by atoms with van der Waals surface area (Å²) in [5.74, 6) is -0.255. The van der Waals surface area contributed by atoms with E-state index in [9.17, 15) is 14.4 Å². The average Bonchev–Trinajstić information content (AvgIpc) is 2.83. The third kappa shape index (κ3) is 2.55. The van der Waals surface area contributed by atoms with Crippen molar-refractivity contribution in [2.75, 3.05) is 18.0 Å². The highest BCUT2D eigenvalue weighted by molar-refractivity contribution is 6.13. The van der Waals surface area contributed by atoms with Crippen molar-refractivity contribution in [1.82, 2.24) is 10.6 Å². The van der Waals surface area contributed by atoms with Crippen molar-refractivity contribution >= 4 is 23.4 Å². The van der Waals surface area contributed by atoms with Gasteiger partial charge in [0, 0.05) is 12.1 Å². The number of imide groups is 1. The lowest BCUT2D eigenvalue weighted by molar-refractivity contribution is -0.136. The third-order valence-corrected chi connectivity index (χ3v) is 6.01. The number of fused-ring (bicyclic) bond motifs is 1. The van der Waals surface area contributed by atoms with E-state index >= 15 is 0 Å². The highest BCUT2D eigenvalue weighted by atomic mass is 16.2. The van der Waals surface area contributed by atoms with E-state index in [-0.39, 0.29) is 24.1 Å². The highest BCUT2D eigenvalue weighted by Gasteiger charge is 2.50. The molecule has 2 N–H and O–H groups in total. The van der Waals surface area contributed by atoms with Crippen LogP contribution in [0.5, 0.6) is 0 Å². The quantitative estimate of drug-likeness (QED) is 0.790. The molecule has 0 saturated carbocycles. The molecular weight excluding hydrogens is 330 g/mol. The van der Waals surface area contributed by atoms with Gasteiger partial charge in [-0.1, -0.05) is 12.1 Å². The minimum Gasteiger partial charge on any atom is -0.317 e. The molecule has 0 aliphatic carbocycles. The van der Waals surface area contributed by atoms with Crippen LogP contribution in [0.4, 0.5) is 5.69 Å². The second kappa shape index (κ2) is 6.20. The third-order valence-electron chi connectivity index (χ3n) is 6.01. The molecule has 1 unspecified atom stereocenters. The zero-order valence-corrected chi connectivity index (χ0v) is 15.3. The fraction of sp³-hybridized carbons (Fsp3) is 0.550. The zero-order valence-electron chi connectivity index (χ0n) is 15.3. The Balaban J connectivity index is 1.78. The first-order chi connectivity index (χ1) is 12.4. The van der Waals surface area contributed by atoms with Crippen molar-refractivity contribution in [3.05, 3.63) is 29.3 Å². The molecule has 0 aromatic heterocycles. The molecule has 3 aliphatic heterocycles. The van der Waals surface area contributed by atoms with Crippen LogP contribution in [0.2, 0.25) is 0 Å². The van der Waals surface area contributed by atoms with E-state index in [0.717, 1.165) is 37.2 Å². The van der Waals surface area contributed by atoms with Crippen LogP contribution in [-0.2, 0) is 19.8 Å². The van der Waals surface area contributed by atoms with Crippen LogP contribution < -0.4 is 15.5 Å². The van der Waals surface area contributed by atoms with Gasteiger partial charge in [0.2, 0.25) is 17.7 Å². The Morgan fingerprint density at radius 3 is 2.50 bits per heavy atom. The smallest absolute Gasteiger partial charge is 0.249 e. The molecule has 3 heterocycles. The maximum absolute atomic E-state index is 13.3. The van der Waals surface area contributed by atoms with Gasteiger partial charge in [-0.15, -0.1) is 0 Å². The van der Waals surface area contributed by atoms with E-state index in [0.29, 0.717) is 12.3 Å². The van der Waals surface area contributed by atoms with Crippen LogP contribution in [0.3, 0.4) is 0 Å². The molecule has 1 aromatic carbocycles. The van der Waals surface area contributed by atoms with Gasteiger partial charge in [-0.25, -0.2) is 0 Å². The molecule has 3 aliphatic rings. The lowest BCUT2D eigenvalue weighted by Gasteiger charge is -2.31. The monoisotopic (exact) mass is 355 g/mol. The summed E-state index contributed by atoms with van der Waals surface area (Å²) in [7, 11) is 0. The largest absolute Gasteiger partial charge is 0.317 e. The maximum Gasteiger partial charge on any atom is 0.249 e. The Morgan fingerprint density at radius 2 is 1.81 bits per heavy atom. The van der Waals surface area contributed by atoms with Gasteiger partial charge in [0.15, 0.2) is 0 Å². The Hall–Kier alpha value is -2.21. The number of hydrogen-bond donors (Lipinski definition) is 2. The van der Waals surface area contributed by atoms with Gasteiger partial charge in [-0.05, 0) is 69.3 Å². The molecule has 26 heavy (non-hydrogen) atoms. The molecule has 1 atom stereocenters. The number of amides is 3. The fourth-order valence-corrected chi connectivity index (χ4v) is 4.67. The number of hydrogen-bond acceptors (Lipinski definition) is 4. The lowest BCUT2D eigenvalue weighted by atomic mass is 9.77. The van der Waals surface area contributed by atoms with E-state index in [2.05, 4.69) is 16.7 Å². The first-order valence-electron chi connectivity index (χ1n) is 9.42. The molecule has 6 nitrogen and oxygen atoms in total. The van der Waals surface area contributed by atoms with Gasteiger partial charge in [-0.3, -0.25) is 24.6 Å². The molecule has 6 heteroatoms. The Morgan fingerprint density at radius 1 is 1.08 bits per heavy atom. The number of anilines is 1. The van der Waals surface area contributed by atoms with Gasteiger partial charge in [-0.2, -0.15) is 0 Å². The number of piperidine rings is 2. The summed E-state index contributed by atoms with van der Waals surface area (Å²) in [5.41, 5.74) is 2.46. The van der Waals surface area contributed by atoms with E-state index in [1.807, 2.05) is 26.0 Å². The predicted molar refractivity (Wildman–Crippen MR) is 98.0 cm³/mol. The molecule has 138 valence electrons. The molecule has 3 amide bonds. The van der Waals surface area contributed by atoms with Crippen LogP contribution in [-0.4, -0.2) is 36.9 Å². The summed E-state index contributed by atoms with van der Waals surface area (Å²) in [6.07, 6.45) is 2.76. The van der Waals surface area contributed by atoms with Crippen LogP contribution in [0, 0.1) is 0 Å². The second-order valence-corrected chi connectivity index (χ2v) is 8.03. The van der Waals surface area contributed by atoms with Gasteiger partial charge < -0.3 is 5.32 Å². The lowest BCUT2D eigenvalue weighted by Crippen LogP contribution is -2.55. The van der Waals surface area contributed by atoms with Gasteiger partial charge in [0.25, 0.3) is 0 Å². The second-order valence-electron chi connectivity index (χ2n) is 8.03. The van der Waals surface area contributed by atoms with Crippen LogP contribution in [0.15, 0.2) is 18.2 Å². The van der Waals surface area contributed by atoms with E-state index < -0.39 is 11.5 Å². The fourth-order valence-electron chi connectivity index (χ4n) is 4.67. The number of benzene rings is 1. The number of rotatable bonds is 2. The number of nitrogens with one attached hydrogen (secondary N) is 2. The van der Waals surface area contributed by atoms with E-state index in [1.165, 1.54) is 5.56 Å². The molecule has 0 bridgehead atoms. The Kier molecular flexibility index (Phi) is 4.10. The van der Waals surface area contributed by atoms with Crippen LogP contribution in [0.25, 0.3) is 0 Å². The number of nitrogens with zero attached hydrogens (tertiary/aromatic N) is 1. The SMILES string of the molecule is CC1(C)C(=O)N(C2CCC(=O)NC2=O)c2cccc(C3CCNCC3)c21. The summed E-state index contributed by atoms with van der Waals surface area (Å²) < 4.78 is 0.